The molecule has 0 amide bonds. The molecule has 0 radical (unpaired) electrons. The third-order valence-electron chi connectivity index (χ3n) is 3.80. The summed E-state index contributed by atoms with van der Waals surface area (Å²) in [6.45, 7) is 4.22. The number of halogens is 2. The van der Waals surface area contributed by atoms with Crippen LogP contribution in [0, 0.1) is 23.5 Å². The lowest BCUT2D eigenvalue weighted by molar-refractivity contribution is 0.0931. The predicted molar refractivity (Wildman–Crippen MR) is 71.7 cm³/mol. The largest absolute Gasteiger partial charge is 0.392 e. The Balaban J connectivity index is 2.02. The monoisotopic (exact) mass is 266 g/mol. The van der Waals surface area contributed by atoms with Gasteiger partial charge in [0.05, 0.1) is 6.10 Å². The molecule has 0 aliphatic heterocycles. The summed E-state index contributed by atoms with van der Waals surface area (Å²) in [5, 5.41) is 10.3. The highest BCUT2D eigenvalue weighted by molar-refractivity contribution is 5.19. The molecule has 0 heterocycles. The van der Waals surface area contributed by atoms with E-state index in [4.69, 9.17) is 0 Å². The van der Waals surface area contributed by atoms with Gasteiger partial charge in [-0.05, 0) is 55.7 Å². The second-order valence-corrected chi connectivity index (χ2v) is 5.71. The second kappa shape index (κ2) is 5.83. The molecule has 0 aromatic heterocycles. The van der Waals surface area contributed by atoms with Crippen LogP contribution in [0.25, 0.3) is 0 Å². The topological polar surface area (TPSA) is 20.2 Å². The summed E-state index contributed by atoms with van der Waals surface area (Å²) < 4.78 is 26.0. The van der Waals surface area contributed by atoms with E-state index in [1.54, 1.807) is 0 Å². The van der Waals surface area contributed by atoms with Gasteiger partial charge in [-0.1, -0.05) is 24.6 Å². The molecule has 3 heteroatoms. The molecule has 1 aliphatic rings. The zero-order valence-corrected chi connectivity index (χ0v) is 11.4. The van der Waals surface area contributed by atoms with Gasteiger partial charge in [0.1, 0.15) is 0 Å². The van der Waals surface area contributed by atoms with Gasteiger partial charge in [-0.2, -0.15) is 0 Å². The fourth-order valence-corrected chi connectivity index (χ4v) is 2.96. The van der Waals surface area contributed by atoms with Gasteiger partial charge >= 0.3 is 0 Å². The summed E-state index contributed by atoms with van der Waals surface area (Å²) in [4.78, 5) is 0. The van der Waals surface area contributed by atoms with Crippen LogP contribution in [0.3, 0.4) is 0 Å². The Labute approximate surface area is 113 Å². The van der Waals surface area contributed by atoms with Gasteiger partial charge in [-0.15, -0.1) is 0 Å². The van der Waals surface area contributed by atoms with Crippen molar-refractivity contribution in [3.05, 3.63) is 47.0 Å². The summed E-state index contributed by atoms with van der Waals surface area (Å²) in [5.41, 5.74) is 1.94. The summed E-state index contributed by atoms with van der Waals surface area (Å²) in [6.07, 6.45) is 3.94. The molecule has 3 unspecified atom stereocenters. The Morgan fingerprint density at radius 3 is 2.68 bits per heavy atom. The lowest BCUT2D eigenvalue weighted by Gasteiger charge is -2.29. The Kier molecular flexibility index (Phi) is 4.35. The molecule has 19 heavy (non-hydrogen) atoms. The summed E-state index contributed by atoms with van der Waals surface area (Å²) >= 11 is 0. The van der Waals surface area contributed by atoms with Crippen LogP contribution in [-0.2, 0) is 6.42 Å². The van der Waals surface area contributed by atoms with Crippen molar-refractivity contribution in [2.45, 2.75) is 39.2 Å². The van der Waals surface area contributed by atoms with Crippen LogP contribution in [0.5, 0.6) is 0 Å². The van der Waals surface area contributed by atoms with Gasteiger partial charge < -0.3 is 5.11 Å². The molecule has 2 rings (SSSR count). The molecule has 0 bridgehead atoms. The molecule has 1 aromatic carbocycles. The number of aliphatic hydroxyl groups excluding tert-OH is 1. The van der Waals surface area contributed by atoms with E-state index in [-0.39, 0.29) is 5.92 Å². The van der Waals surface area contributed by atoms with Crippen molar-refractivity contribution in [2.75, 3.05) is 0 Å². The molecule has 104 valence electrons. The summed E-state index contributed by atoms with van der Waals surface area (Å²) in [5.74, 6) is -1.02. The van der Waals surface area contributed by atoms with Crippen LogP contribution < -0.4 is 0 Å². The molecule has 0 saturated carbocycles. The quantitative estimate of drug-likeness (QED) is 0.824. The van der Waals surface area contributed by atoms with E-state index < -0.39 is 17.7 Å². The van der Waals surface area contributed by atoms with Crippen molar-refractivity contribution in [3.8, 4) is 0 Å². The first kappa shape index (κ1) is 14.2. The van der Waals surface area contributed by atoms with Crippen molar-refractivity contribution in [3.63, 3.8) is 0 Å². The van der Waals surface area contributed by atoms with Crippen molar-refractivity contribution in [1.29, 1.82) is 0 Å². The lowest BCUT2D eigenvalue weighted by atomic mass is 9.79. The predicted octanol–water partition coefficient (Wildman–Crippen LogP) is 3.86. The Morgan fingerprint density at radius 1 is 1.32 bits per heavy atom. The van der Waals surface area contributed by atoms with Crippen LogP contribution in [0.1, 0.15) is 32.3 Å². The third-order valence-corrected chi connectivity index (χ3v) is 3.80. The maximum Gasteiger partial charge on any atom is 0.159 e. The zero-order chi connectivity index (χ0) is 14.0. The molecular weight excluding hydrogens is 246 g/mol. The number of allylic oxidation sites excluding steroid dienone is 2. The summed E-state index contributed by atoms with van der Waals surface area (Å²) in [6, 6.07) is 3.83. The number of hydrogen-bond acceptors (Lipinski definition) is 1. The van der Waals surface area contributed by atoms with Crippen LogP contribution in [0.4, 0.5) is 8.78 Å². The van der Waals surface area contributed by atoms with Crippen LogP contribution in [-0.4, -0.2) is 11.2 Å². The van der Waals surface area contributed by atoms with E-state index in [1.807, 2.05) is 0 Å². The SMILES string of the molecule is CC1=CC(C)CC(C(O)Cc2ccc(F)c(F)c2)C1. The smallest absolute Gasteiger partial charge is 0.159 e. The molecule has 0 saturated heterocycles. The van der Waals surface area contributed by atoms with Crippen molar-refractivity contribution < 1.29 is 13.9 Å². The van der Waals surface area contributed by atoms with Crippen molar-refractivity contribution >= 4 is 0 Å². The van der Waals surface area contributed by atoms with Crippen LogP contribution in [0.15, 0.2) is 29.8 Å². The Bertz CT molecular complexity index is 482. The molecule has 1 aliphatic carbocycles. The molecular formula is C16H20F2O. The Hall–Kier alpha value is -1.22. The highest BCUT2D eigenvalue weighted by Crippen LogP contribution is 2.31. The van der Waals surface area contributed by atoms with Gasteiger partial charge in [-0.25, -0.2) is 8.78 Å². The van der Waals surface area contributed by atoms with E-state index in [1.165, 1.54) is 17.7 Å². The minimum Gasteiger partial charge on any atom is -0.392 e. The maximum atomic E-state index is 13.1. The first-order chi connectivity index (χ1) is 8.95. The van der Waals surface area contributed by atoms with Crippen LogP contribution in [0.2, 0.25) is 0 Å². The fraction of sp³-hybridized carbons (Fsp3) is 0.500. The van der Waals surface area contributed by atoms with E-state index in [0.717, 1.165) is 18.9 Å². The van der Waals surface area contributed by atoms with Crippen molar-refractivity contribution in [2.24, 2.45) is 11.8 Å². The van der Waals surface area contributed by atoms with E-state index >= 15 is 0 Å². The van der Waals surface area contributed by atoms with E-state index in [9.17, 15) is 13.9 Å². The first-order valence-corrected chi connectivity index (χ1v) is 6.75. The van der Waals surface area contributed by atoms with Gasteiger partial charge in [-0.3, -0.25) is 0 Å². The Morgan fingerprint density at radius 2 is 2.05 bits per heavy atom. The number of rotatable bonds is 3. The molecule has 1 nitrogen and oxygen atoms in total. The molecule has 0 spiro atoms. The average molecular weight is 266 g/mol. The van der Waals surface area contributed by atoms with Gasteiger partial charge in [0, 0.05) is 0 Å². The normalized spacial score (nSPS) is 25.0. The lowest BCUT2D eigenvalue weighted by Crippen LogP contribution is -2.27. The molecule has 0 fully saturated rings. The van der Waals surface area contributed by atoms with E-state index in [0.29, 0.717) is 17.9 Å². The first-order valence-electron chi connectivity index (χ1n) is 6.75. The molecule has 1 aromatic rings. The number of aliphatic hydroxyl groups is 1. The zero-order valence-electron chi connectivity index (χ0n) is 11.4. The minimum absolute atomic E-state index is 0.202. The second-order valence-electron chi connectivity index (χ2n) is 5.71. The minimum atomic E-state index is -0.849. The van der Waals surface area contributed by atoms with E-state index in [2.05, 4.69) is 19.9 Å². The highest BCUT2D eigenvalue weighted by Gasteiger charge is 2.25. The van der Waals surface area contributed by atoms with Gasteiger partial charge in [0.25, 0.3) is 0 Å². The number of benzene rings is 1. The molecule has 1 N–H and O–H groups in total. The third kappa shape index (κ3) is 3.63. The van der Waals surface area contributed by atoms with Crippen LogP contribution >= 0.6 is 0 Å². The fourth-order valence-electron chi connectivity index (χ4n) is 2.96. The number of hydrogen-bond donors (Lipinski definition) is 1. The average Bonchev–Trinajstić information content (AvgIpc) is 2.32. The standard InChI is InChI=1S/C16H20F2O/c1-10-5-11(2)7-13(6-10)16(19)9-12-3-4-14(17)15(18)8-12/h3-5,8,10,13,16,19H,6-7,9H2,1-2H3. The maximum absolute atomic E-state index is 13.1. The summed E-state index contributed by atoms with van der Waals surface area (Å²) in [7, 11) is 0. The molecule has 3 atom stereocenters. The van der Waals surface area contributed by atoms with Crippen molar-refractivity contribution in [1.82, 2.24) is 0 Å². The van der Waals surface area contributed by atoms with Gasteiger partial charge in [0.2, 0.25) is 0 Å². The van der Waals surface area contributed by atoms with Gasteiger partial charge in [0.15, 0.2) is 11.6 Å². The highest BCUT2D eigenvalue weighted by atomic mass is 19.2.